The number of sulfone groups is 1. The predicted molar refractivity (Wildman–Crippen MR) is 109 cm³/mol. The lowest BCUT2D eigenvalue weighted by Gasteiger charge is -2.08. The largest absolute Gasteiger partial charge is 0.320 e. The van der Waals surface area contributed by atoms with Gasteiger partial charge in [-0.25, -0.2) is 13.4 Å². The Morgan fingerprint density at radius 3 is 2.41 bits per heavy atom. The van der Waals surface area contributed by atoms with Crippen LogP contribution in [0.2, 0.25) is 0 Å². The van der Waals surface area contributed by atoms with Gasteiger partial charge in [0.25, 0.3) is 5.91 Å². The van der Waals surface area contributed by atoms with E-state index in [-0.39, 0.29) is 16.5 Å². The molecule has 0 aliphatic rings. The van der Waals surface area contributed by atoms with E-state index in [2.05, 4.69) is 17.2 Å². The van der Waals surface area contributed by atoms with Gasteiger partial charge in [-0.05, 0) is 31.0 Å². The summed E-state index contributed by atoms with van der Waals surface area (Å²) < 4.78 is 23.8. The second-order valence-electron chi connectivity index (χ2n) is 6.21. The number of nitrogens with zero attached hydrogens (tertiary/aromatic N) is 1. The van der Waals surface area contributed by atoms with Crippen molar-refractivity contribution in [1.82, 2.24) is 4.98 Å². The molecule has 5 nitrogen and oxygen atoms in total. The molecule has 0 saturated carbocycles. The number of aryl methyl sites for hydroxylation is 2. The van der Waals surface area contributed by atoms with E-state index in [1.807, 2.05) is 24.3 Å². The molecule has 1 heterocycles. The van der Waals surface area contributed by atoms with Crippen molar-refractivity contribution < 1.29 is 13.2 Å². The monoisotopic (exact) mass is 400 g/mol. The third kappa shape index (κ3) is 4.26. The zero-order chi connectivity index (χ0) is 19.6. The van der Waals surface area contributed by atoms with Crippen LogP contribution in [-0.2, 0) is 16.3 Å². The van der Waals surface area contributed by atoms with Crippen molar-refractivity contribution in [3.05, 3.63) is 64.7 Å². The Kier molecular flexibility index (Phi) is 5.43. The topological polar surface area (TPSA) is 76.1 Å². The average Bonchev–Trinajstić information content (AvgIpc) is 3.03. The molecule has 0 unspecified atom stereocenters. The van der Waals surface area contributed by atoms with E-state index in [0.29, 0.717) is 10.6 Å². The molecule has 0 fully saturated rings. The number of amides is 1. The van der Waals surface area contributed by atoms with Crippen LogP contribution in [0.1, 0.15) is 27.9 Å². The van der Waals surface area contributed by atoms with Gasteiger partial charge < -0.3 is 5.32 Å². The van der Waals surface area contributed by atoms with Crippen LogP contribution in [0.15, 0.2) is 53.4 Å². The molecule has 0 aliphatic heterocycles. The number of rotatable bonds is 5. The van der Waals surface area contributed by atoms with Gasteiger partial charge in [0.15, 0.2) is 9.84 Å². The first-order chi connectivity index (χ1) is 12.8. The third-order valence-corrected chi connectivity index (χ3v) is 6.51. The zero-order valence-electron chi connectivity index (χ0n) is 15.3. The third-order valence-electron chi connectivity index (χ3n) is 4.15. The first kappa shape index (κ1) is 19.3. The van der Waals surface area contributed by atoms with Crippen molar-refractivity contribution in [1.29, 1.82) is 0 Å². The van der Waals surface area contributed by atoms with Gasteiger partial charge in [-0.1, -0.05) is 43.3 Å². The Balaban J connectivity index is 1.89. The standard InChI is InChI=1S/C20H20N2O3S2/c1-4-14-9-11-15(12-10-14)20-21-13(2)18(26-20)19(23)22-16-7-5-6-8-17(16)27(3,24)25/h5-12H,4H2,1-3H3,(H,22,23). The molecule has 0 bridgehead atoms. The number of hydrogen-bond acceptors (Lipinski definition) is 5. The second kappa shape index (κ2) is 7.62. The zero-order valence-corrected chi connectivity index (χ0v) is 16.9. The summed E-state index contributed by atoms with van der Waals surface area (Å²) in [6.07, 6.45) is 2.08. The summed E-state index contributed by atoms with van der Waals surface area (Å²) in [4.78, 5) is 17.8. The van der Waals surface area contributed by atoms with Gasteiger partial charge in [-0.3, -0.25) is 4.79 Å². The maximum absolute atomic E-state index is 12.7. The highest BCUT2D eigenvalue weighted by atomic mass is 32.2. The van der Waals surface area contributed by atoms with Crippen LogP contribution in [0, 0.1) is 6.92 Å². The highest BCUT2D eigenvalue weighted by Gasteiger charge is 2.19. The first-order valence-electron chi connectivity index (χ1n) is 8.46. The quantitative estimate of drug-likeness (QED) is 0.691. The Hall–Kier alpha value is -2.51. The maximum Gasteiger partial charge on any atom is 0.267 e. The van der Waals surface area contributed by atoms with Crippen molar-refractivity contribution in [2.45, 2.75) is 25.2 Å². The van der Waals surface area contributed by atoms with Gasteiger partial charge >= 0.3 is 0 Å². The summed E-state index contributed by atoms with van der Waals surface area (Å²) in [5.41, 5.74) is 3.08. The molecule has 27 heavy (non-hydrogen) atoms. The molecule has 0 aliphatic carbocycles. The molecule has 1 aromatic heterocycles. The Morgan fingerprint density at radius 2 is 1.78 bits per heavy atom. The van der Waals surface area contributed by atoms with E-state index < -0.39 is 9.84 Å². The molecule has 1 N–H and O–H groups in total. The van der Waals surface area contributed by atoms with Crippen LogP contribution >= 0.6 is 11.3 Å². The molecule has 3 rings (SSSR count). The highest BCUT2D eigenvalue weighted by molar-refractivity contribution is 7.90. The molecule has 0 saturated heterocycles. The number of carbonyl (C=O) groups excluding carboxylic acids is 1. The van der Waals surface area contributed by atoms with Crippen LogP contribution in [-0.4, -0.2) is 25.6 Å². The number of thiazole rings is 1. The van der Waals surface area contributed by atoms with E-state index in [1.54, 1.807) is 25.1 Å². The summed E-state index contributed by atoms with van der Waals surface area (Å²) in [5.74, 6) is -0.363. The van der Waals surface area contributed by atoms with Crippen LogP contribution in [0.5, 0.6) is 0 Å². The molecular formula is C20H20N2O3S2. The lowest BCUT2D eigenvalue weighted by molar-refractivity contribution is 0.102. The second-order valence-corrected chi connectivity index (χ2v) is 9.19. The lowest BCUT2D eigenvalue weighted by Crippen LogP contribution is -2.14. The average molecular weight is 401 g/mol. The smallest absolute Gasteiger partial charge is 0.267 e. The van der Waals surface area contributed by atoms with Gasteiger partial charge in [0, 0.05) is 11.8 Å². The molecule has 2 aromatic carbocycles. The summed E-state index contributed by atoms with van der Waals surface area (Å²) in [5, 5.41) is 3.47. The molecule has 140 valence electrons. The normalized spacial score (nSPS) is 11.4. The van der Waals surface area contributed by atoms with Crippen molar-refractivity contribution in [2.24, 2.45) is 0 Å². The Bertz CT molecular complexity index is 1080. The lowest BCUT2D eigenvalue weighted by atomic mass is 10.1. The van der Waals surface area contributed by atoms with E-state index in [9.17, 15) is 13.2 Å². The van der Waals surface area contributed by atoms with Gasteiger partial charge in [0.2, 0.25) is 0 Å². The van der Waals surface area contributed by atoms with Gasteiger partial charge in [-0.2, -0.15) is 0 Å². The van der Waals surface area contributed by atoms with Gasteiger partial charge in [-0.15, -0.1) is 11.3 Å². The predicted octanol–water partition coefficient (Wildman–Crippen LogP) is 4.34. The van der Waals surface area contributed by atoms with Crippen LogP contribution in [0.3, 0.4) is 0 Å². The molecule has 0 radical (unpaired) electrons. The minimum absolute atomic E-state index is 0.0934. The fourth-order valence-corrected chi connectivity index (χ4v) is 4.50. The molecular weight excluding hydrogens is 380 g/mol. The number of benzene rings is 2. The molecule has 3 aromatic rings. The Labute approximate surface area is 163 Å². The number of nitrogens with one attached hydrogen (secondary N) is 1. The van der Waals surface area contributed by atoms with Crippen molar-refractivity contribution in [2.75, 3.05) is 11.6 Å². The number of aromatic nitrogens is 1. The van der Waals surface area contributed by atoms with Gasteiger partial charge in [0.1, 0.15) is 9.88 Å². The van der Waals surface area contributed by atoms with E-state index in [4.69, 9.17) is 0 Å². The molecule has 0 atom stereocenters. The number of hydrogen-bond donors (Lipinski definition) is 1. The molecule has 0 spiro atoms. The summed E-state index contributed by atoms with van der Waals surface area (Å²) in [6, 6.07) is 14.5. The molecule has 7 heteroatoms. The number of para-hydroxylation sites is 1. The SMILES string of the molecule is CCc1ccc(-c2nc(C)c(C(=O)Nc3ccccc3S(C)(=O)=O)s2)cc1. The fourth-order valence-electron chi connectivity index (χ4n) is 2.69. The maximum atomic E-state index is 12.7. The minimum Gasteiger partial charge on any atom is -0.320 e. The Morgan fingerprint density at radius 1 is 1.11 bits per heavy atom. The summed E-state index contributed by atoms with van der Waals surface area (Å²) in [6.45, 7) is 3.87. The van der Waals surface area contributed by atoms with Crippen LogP contribution in [0.4, 0.5) is 5.69 Å². The van der Waals surface area contributed by atoms with Crippen molar-refractivity contribution in [3.8, 4) is 10.6 Å². The minimum atomic E-state index is -3.44. The van der Waals surface area contributed by atoms with Crippen molar-refractivity contribution >= 4 is 32.8 Å². The fraction of sp³-hybridized carbons (Fsp3) is 0.200. The van der Waals surface area contributed by atoms with Crippen LogP contribution in [0.25, 0.3) is 10.6 Å². The first-order valence-corrected chi connectivity index (χ1v) is 11.2. The van der Waals surface area contributed by atoms with Crippen LogP contribution < -0.4 is 5.32 Å². The van der Waals surface area contributed by atoms with E-state index >= 15 is 0 Å². The van der Waals surface area contributed by atoms with E-state index in [0.717, 1.165) is 23.2 Å². The number of anilines is 1. The molecule has 1 amide bonds. The summed E-state index contributed by atoms with van der Waals surface area (Å²) >= 11 is 1.29. The van der Waals surface area contributed by atoms with Crippen molar-refractivity contribution in [3.63, 3.8) is 0 Å². The van der Waals surface area contributed by atoms with E-state index in [1.165, 1.54) is 23.0 Å². The number of carbonyl (C=O) groups is 1. The van der Waals surface area contributed by atoms with Gasteiger partial charge in [0.05, 0.1) is 16.3 Å². The highest BCUT2D eigenvalue weighted by Crippen LogP contribution is 2.29. The summed E-state index contributed by atoms with van der Waals surface area (Å²) in [7, 11) is -3.44.